The van der Waals surface area contributed by atoms with E-state index < -0.39 is 35.2 Å². The van der Waals surface area contributed by atoms with Crippen LogP contribution in [0, 0.1) is 11.8 Å². The number of benzene rings is 4. The SMILES string of the molecule is C[C@H]1[C@H](C(C)(C)O)[C@@H](CC(=O)N2Cc3ccccc3C[C@H]2CO)O[C@]12C(=O)N(Cc1ccccc1)c1ccc(N3C(=O)COc4ccccc43)cc12. The van der Waals surface area contributed by atoms with Gasteiger partial charge in [0, 0.05) is 29.6 Å². The van der Waals surface area contributed by atoms with Crippen molar-refractivity contribution in [1.82, 2.24) is 4.90 Å². The molecule has 5 atom stereocenters. The van der Waals surface area contributed by atoms with Gasteiger partial charge in [0.25, 0.3) is 11.8 Å². The highest BCUT2D eigenvalue weighted by atomic mass is 16.5. The van der Waals surface area contributed by atoms with Crippen molar-refractivity contribution in [1.29, 1.82) is 0 Å². The van der Waals surface area contributed by atoms with Crippen LogP contribution >= 0.6 is 0 Å². The fourth-order valence-electron chi connectivity index (χ4n) is 9.04. The molecule has 4 aliphatic heterocycles. The van der Waals surface area contributed by atoms with Crippen molar-refractivity contribution >= 4 is 34.8 Å². The molecular formula is C42H43N3O7. The van der Waals surface area contributed by atoms with Gasteiger partial charge in [-0.3, -0.25) is 19.3 Å². The Morgan fingerprint density at radius 1 is 0.923 bits per heavy atom. The molecule has 0 radical (unpaired) electrons. The van der Waals surface area contributed by atoms with E-state index in [1.807, 2.05) is 104 Å². The lowest BCUT2D eigenvalue weighted by Gasteiger charge is -2.38. The lowest BCUT2D eigenvalue weighted by Crippen LogP contribution is -2.48. The first-order valence-corrected chi connectivity index (χ1v) is 17.9. The van der Waals surface area contributed by atoms with Crippen molar-refractivity contribution in [3.8, 4) is 5.75 Å². The zero-order valence-electron chi connectivity index (χ0n) is 29.6. The maximum absolute atomic E-state index is 15.1. The molecule has 8 rings (SSSR count). The predicted molar refractivity (Wildman–Crippen MR) is 195 cm³/mol. The van der Waals surface area contributed by atoms with Crippen molar-refractivity contribution in [3.63, 3.8) is 0 Å². The van der Waals surface area contributed by atoms with E-state index in [9.17, 15) is 19.8 Å². The van der Waals surface area contributed by atoms with E-state index in [0.717, 1.165) is 16.7 Å². The molecule has 1 saturated heterocycles. The van der Waals surface area contributed by atoms with E-state index in [0.29, 0.717) is 41.3 Å². The number of amides is 3. The number of rotatable bonds is 7. The second-order valence-electron chi connectivity index (χ2n) is 15.0. The zero-order chi connectivity index (χ0) is 36.4. The molecule has 3 amide bonds. The molecule has 4 aliphatic rings. The van der Waals surface area contributed by atoms with Gasteiger partial charge in [-0.2, -0.15) is 0 Å². The number of aliphatic hydroxyl groups is 2. The Kier molecular flexibility index (Phi) is 8.44. The summed E-state index contributed by atoms with van der Waals surface area (Å²) in [4.78, 5) is 47.8. The van der Waals surface area contributed by atoms with Crippen LogP contribution in [0.15, 0.2) is 97.1 Å². The summed E-state index contributed by atoms with van der Waals surface area (Å²) in [5.41, 5.74) is 2.55. The maximum atomic E-state index is 15.1. The smallest absolute Gasteiger partial charge is 0.269 e. The number of fused-ring (bicyclic) bond motifs is 4. The molecule has 52 heavy (non-hydrogen) atoms. The van der Waals surface area contributed by atoms with Crippen molar-refractivity contribution in [2.75, 3.05) is 23.0 Å². The molecule has 0 aliphatic carbocycles. The quantitative estimate of drug-likeness (QED) is 0.271. The number of aliphatic hydroxyl groups excluding tert-OH is 1. The summed E-state index contributed by atoms with van der Waals surface area (Å²) in [6.45, 7) is 5.62. The number of para-hydroxylation sites is 2. The topological polar surface area (TPSA) is 120 Å². The molecule has 4 aromatic rings. The van der Waals surface area contributed by atoms with E-state index >= 15 is 4.79 Å². The Balaban J connectivity index is 1.21. The Bertz CT molecular complexity index is 2040. The highest BCUT2D eigenvalue weighted by Gasteiger charge is 2.66. The van der Waals surface area contributed by atoms with E-state index in [-0.39, 0.29) is 43.9 Å². The van der Waals surface area contributed by atoms with Gasteiger partial charge in [-0.15, -0.1) is 0 Å². The normalized spacial score (nSPS) is 25.2. The lowest BCUT2D eigenvalue weighted by atomic mass is 9.70. The Morgan fingerprint density at radius 3 is 2.38 bits per heavy atom. The largest absolute Gasteiger partial charge is 0.482 e. The van der Waals surface area contributed by atoms with Gasteiger partial charge in [0.05, 0.1) is 48.7 Å². The minimum absolute atomic E-state index is 0.0876. The number of hydrogen-bond acceptors (Lipinski definition) is 7. The summed E-state index contributed by atoms with van der Waals surface area (Å²) < 4.78 is 12.7. The molecule has 10 heteroatoms. The van der Waals surface area contributed by atoms with Crippen LogP contribution in [-0.4, -0.2) is 63.8 Å². The average molecular weight is 702 g/mol. The van der Waals surface area contributed by atoms with Gasteiger partial charge < -0.3 is 29.5 Å². The van der Waals surface area contributed by atoms with Crippen molar-refractivity contribution in [3.05, 3.63) is 119 Å². The van der Waals surface area contributed by atoms with Crippen LogP contribution in [0.3, 0.4) is 0 Å². The second kappa shape index (κ2) is 12.9. The molecule has 1 spiro atoms. The number of carbonyl (C=O) groups is 3. The first-order chi connectivity index (χ1) is 25.0. The number of nitrogens with zero attached hydrogens (tertiary/aromatic N) is 3. The monoisotopic (exact) mass is 701 g/mol. The van der Waals surface area contributed by atoms with Crippen LogP contribution in [0.2, 0.25) is 0 Å². The molecular weight excluding hydrogens is 658 g/mol. The fourth-order valence-corrected chi connectivity index (χ4v) is 9.04. The van der Waals surface area contributed by atoms with Gasteiger partial charge in [-0.25, -0.2) is 0 Å². The third-order valence-corrected chi connectivity index (χ3v) is 11.4. The van der Waals surface area contributed by atoms with Crippen molar-refractivity contribution in [2.24, 2.45) is 11.8 Å². The minimum Gasteiger partial charge on any atom is -0.482 e. The molecule has 1 fully saturated rings. The van der Waals surface area contributed by atoms with Gasteiger partial charge in [0.15, 0.2) is 12.2 Å². The third kappa shape index (κ3) is 5.48. The van der Waals surface area contributed by atoms with Gasteiger partial charge in [0.2, 0.25) is 5.91 Å². The molecule has 0 saturated carbocycles. The molecule has 4 aromatic carbocycles. The van der Waals surface area contributed by atoms with Crippen molar-refractivity contribution < 1.29 is 34.1 Å². The zero-order valence-corrected chi connectivity index (χ0v) is 29.6. The number of hydrogen-bond donors (Lipinski definition) is 2. The second-order valence-corrected chi connectivity index (χ2v) is 15.0. The van der Waals surface area contributed by atoms with E-state index in [4.69, 9.17) is 9.47 Å². The Labute approximate surface area is 303 Å². The molecule has 4 heterocycles. The molecule has 268 valence electrons. The van der Waals surface area contributed by atoms with Gasteiger partial charge >= 0.3 is 0 Å². The number of ether oxygens (including phenoxy) is 2. The predicted octanol–water partition coefficient (Wildman–Crippen LogP) is 5.24. The average Bonchev–Trinajstić information content (AvgIpc) is 3.56. The highest BCUT2D eigenvalue weighted by molar-refractivity contribution is 6.09. The first-order valence-electron chi connectivity index (χ1n) is 17.9. The van der Waals surface area contributed by atoms with Gasteiger partial charge in [-0.05, 0) is 67.3 Å². The van der Waals surface area contributed by atoms with E-state index in [1.165, 1.54) is 0 Å². The van der Waals surface area contributed by atoms with Gasteiger partial charge in [-0.1, -0.05) is 73.7 Å². The Hall–Kier alpha value is -5.03. The summed E-state index contributed by atoms with van der Waals surface area (Å²) in [6.07, 6.45) is -0.386. The third-order valence-electron chi connectivity index (χ3n) is 11.4. The van der Waals surface area contributed by atoms with Gasteiger partial charge in [0.1, 0.15) is 5.75 Å². The van der Waals surface area contributed by atoms with E-state index in [1.54, 1.807) is 28.5 Å². The summed E-state index contributed by atoms with van der Waals surface area (Å²) in [7, 11) is 0. The van der Waals surface area contributed by atoms with Crippen LogP contribution in [0.5, 0.6) is 5.75 Å². The fraction of sp³-hybridized carbons (Fsp3) is 0.357. The van der Waals surface area contributed by atoms with Crippen LogP contribution in [0.4, 0.5) is 17.1 Å². The van der Waals surface area contributed by atoms with Crippen molar-refractivity contribution in [2.45, 2.75) is 70.1 Å². The van der Waals surface area contributed by atoms with Crippen LogP contribution in [-0.2, 0) is 44.2 Å². The molecule has 0 bridgehead atoms. The van der Waals surface area contributed by atoms with E-state index in [2.05, 4.69) is 0 Å². The van der Waals surface area contributed by atoms with Crippen LogP contribution < -0.4 is 14.5 Å². The Morgan fingerprint density at radius 2 is 1.63 bits per heavy atom. The summed E-state index contributed by atoms with van der Waals surface area (Å²) in [5.74, 6) is -1.37. The summed E-state index contributed by atoms with van der Waals surface area (Å²) in [5, 5.41) is 22.1. The molecule has 10 nitrogen and oxygen atoms in total. The summed E-state index contributed by atoms with van der Waals surface area (Å²) in [6, 6.07) is 30.1. The van der Waals surface area contributed by atoms with Crippen LogP contribution in [0.25, 0.3) is 0 Å². The number of carbonyl (C=O) groups excluding carboxylic acids is 3. The number of anilines is 3. The first kappa shape index (κ1) is 34.1. The molecule has 0 aromatic heterocycles. The molecule has 2 N–H and O–H groups in total. The summed E-state index contributed by atoms with van der Waals surface area (Å²) >= 11 is 0. The van der Waals surface area contributed by atoms with Crippen LogP contribution in [0.1, 0.15) is 49.4 Å². The lowest BCUT2D eigenvalue weighted by molar-refractivity contribution is -0.151. The minimum atomic E-state index is -1.56. The highest BCUT2D eigenvalue weighted by Crippen LogP contribution is 2.59. The standard InChI is InChI=1S/C42H43N3O7/c1-26-39(41(2,3)50)36(21-37(47)43-23-29-14-8-7-13-28(29)19-31(43)24-46)52-42(26)32-20-30(45-34-15-9-10-16-35(34)51-25-38(45)48)17-18-33(32)44(40(42)49)22-27-11-5-4-6-12-27/h4-18,20,26,31,36,39,46,50H,19,21-25H2,1-3H3/t26-,31-,36+,39-,42+/m0/s1. The maximum Gasteiger partial charge on any atom is 0.269 e. The molecule has 0 unspecified atom stereocenters.